The summed E-state index contributed by atoms with van der Waals surface area (Å²) in [5, 5.41) is 15.1. The summed E-state index contributed by atoms with van der Waals surface area (Å²) < 4.78 is 52.0. The number of aryl methyl sites for hydroxylation is 1. The van der Waals surface area contributed by atoms with E-state index in [-0.39, 0.29) is 11.3 Å². The molecule has 2 aromatic carbocycles. The van der Waals surface area contributed by atoms with Gasteiger partial charge in [0.25, 0.3) is 0 Å². The maximum Gasteiger partial charge on any atom is 0.305 e. The highest BCUT2D eigenvalue weighted by Gasteiger charge is 2.32. The van der Waals surface area contributed by atoms with Gasteiger partial charge in [-0.3, -0.25) is 19.4 Å². The van der Waals surface area contributed by atoms with Crippen molar-refractivity contribution in [2.24, 2.45) is 5.92 Å². The molecule has 0 aliphatic heterocycles. The van der Waals surface area contributed by atoms with Gasteiger partial charge < -0.3 is 15.7 Å². The van der Waals surface area contributed by atoms with Gasteiger partial charge in [0, 0.05) is 23.8 Å². The van der Waals surface area contributed by atoms with Crippen molar-refractivity contribution in [1.29, 1.82) is 0 Å². The number of carbonyl (C=O) groups is 3. The Labute approximate surface area is 267 Å². The number of amides is 2. The summed E-state index contributed by atoms with van der Waals surface area (Å²) in [6.45, 7) is 5.04. The average Bonchev–Trinajstić information content (AvgIpc) is 2.94. The molecule has 3 atom stereocenters. The zero-order valence-electron chi connectivity index (χ0n) is 25.0. The number of benzene rings is 2. The quantitative estimate of drug-likeness (QED) is 0.199. The van der Waals surface area contributed by atoms with Gasteiger partial charge in [0.2, 0.25) is 21.8 Å². The van der Waals surface area contributed by atoms with Gasteiger partial charge in [0.1, 0.15) is 16.4 Å². The zero-order valence-corrected chi connectivity index (χ0v) is 27.4. The lowest BCUT2D eigenvalue weighted by Crippen LogP contribution is -2.57. The average molecular weight is 679 g/mol. The standard InChI is InChI=1S/C30H35ClN4O8S2/c1-18(2)28(30(39)33-22(17-27(36)37)16-26(31)44(4,40)41)34-29(38)25(35-45(42,43)23-13-9-19(3)10-14-23)15-21-12-11-20-7-5-6-8-24(20)32-21/h5-14,16,18,22,25,28,35H,15,17H2,1-4H3,(H,33,39)(H,34,38)(H,36,37)/b26-16+/t22-,25?,28+/m1/s1. The van der Waals surface area contributed by atoms with Crippen LogP contribution in [0.5, 0.6) is 0 Å². The molecule has 0 aliphatic carbocycles. The number of halogens is 1. The van der Waals surface area contributed by atoms with E-state index in [1.54, 1.807) is 57.2 Å². The number of hydrogen-bond donors (Lipinski definition) is 4. The number of carboxylic acid groups (broad SMARTS) is 1. The number of para-hydroxylation sites is 1. The highest BCUT2D eigenvalue weighted by molar-refractivity contribution is 7.96. The molecule has 45 heavy (non-hydrogen) atoms. The number of carbonyl (C=O) groups excluding carboxylic acids is 2. The molecule has 1 aromatic heterocycles. The van der Waals surface area contributed by atoms with Crippen molar-refractivity contribution in [2.45, 2.75) is 56.6 Å². The molecule has 3 rings (SSSR count). The van der Waals surface area contributed by atoms with Crippen LogP contribution in [0, 0.1) is 12.8 Å². The Balaban J connectivity index is 1.93. The second-order valence-corrected chi connectivity index (χ2v) is 15.2. The molecule has 0 radical (unpaired) electrons. The SMILES string of the molecule is Cc1ccc(S(=O)(=O)NC(Cc2ccc3ccccc3n2)C(=O)N[C@H](C(=O)N[C@H](/C=C(\Cl)S(C)(=O)=O)CC(=O)O)C(C)C)cc1. The van der Waals surface area contributed by atoms with E-state index >= 15 is 0 Å². The minimum Gasteiger partial charge on any atom is -0.481 e. The number of aromatic nitrogens is 1. The van der Waals surface area contributed by atoms with Crippen molar-refractivity contribution in [1.82, 2.24) is 20.3 Å². The van der Waals surface area contributed by atoms with E-state index in [1.807, 2.05) is 12.1 Å². The van der Waals surface area contributed by atoms with Crippen LogP contribution in [0.25, 0.3) is 10.9 Å². The molecule has 15 heteroatoms. The Bertz CT molecular complexity index is 1810. The summed E-state index contributed by atoms with van der Waals surface area (Å²) in [4.78, 5) is 42.9. The maximum atomic E-state index is 13.7. The zero-order chi connectivity index (χ0) is 33.5. The fourth-order valence-electron chi connectivity index (χ4n) is 4.27. The van der Waals surface area contributed by atoms with Crippen LogP contribution >= 0.6 is 11.6 Å². The molecule has 242 valence electrons. The van der Waals surface area contributed by atoms with Crippen LogP contribution in [0.1, 0.15) is 31.5 Å². The maximum absolute atomic E-state index is 13.7. The van der Waals surface area contributed by atoms with Crippen LogP contribution < -0.4 is 15.4 Å². The number of fused-ring (bicyclic) bond motifs is 1. The lowest BCUT2D eigenvalue weighted by molar-refractivity contribution is -0.137. The van der Waals surface area contributed by atoms with Crippen molar-refractivity contribution in [3.05, 3.63) is 82.4 Å². The second kappa shape index (κ2) is 15.0. The summed E-state index contributed by atoms with van der Waals surface area (Å²) in [6, 6.07) is 12.8. The Morgan fingerprint density at radius 2 is 1.58 bits per heavy atom. The van der Waals surface area contributed by atoms with Crippen LogP contribution in [-0.4, -0.2) is 69.1 Å². The Morgan fingerprint density at radius 1 is 0.933 bits per heavy atom. The fraction of sp³-hybridized carbons (Fsp3) is 0.333. The van der Waals surface area contributed by atoms with Gasteiger partial charge in [-0.2, -0.15) is 4.72 Å². The predicted molar refractivity (Wildman–Crippen MR) is 170 cm³/mol. The number of sulfonamides is 1. The van der Waals surface area contributed by atoms with Gasteiger partial charge in [0.15, 0.2) is 9.84 Å². The smallest absolute Gasteiger partial charge is 0.305 e. The molecule has 0 aliphatic rings. The minimum absolute atomic E-state index is 0.0680. The van der Waals surface area contributed by atoms with Crippen molar-refractivity contribution in [2.75, 3.05) is 6.26 Å². The summed E-state index contributed by atoms with van der Waals surface area (Å²) >= 11 is 5.81. The Kier molecular flexibility index (Phi) is 11.8. The predicted octanol–water partition coefficient (Wildman–Crippen LogP) is 2.66. The van der Waals surface area contributed by atoms with Crippen LogP contribution in [0.2, 0.25) is 0 Å². The number of nitrogens with zero attached hydrogens (tertiary/aromatic N) is 1. The molecule has 0 saturated carbocycles. The normalized spacial score (nSPS) is 14.5. The Hall–Kier alpha value is -3.85. The largest absolute Gasteiger partial charge is 0.481 e. The molecule has 3 aromatic rings. The number of aliphatic carboxylic acids is 1. The summed E-state index contributed by atoms with van der Waals surface area (Å²) in [6.07, 6.45) is 0.863. The number of sulfone groups is 1. The summed E-state index contributed by atoms with van der Waals surface area (Å²) in [5.41, 5.74) is 1.89. The highest BCUT2D eigenvalue weighted by atomic mass is 35.5. The van der Waals surface area contributed by atoms with Crippen molar-refractivity contribution >= 4 is 60.1 Å². The van der Waals surface area contributed by atoms with Crippen molar-refractivity contribution in [3.8, 4) is 0 Å². The number of carboxylic acids is 1. The third-order valence-electron chi connectivity index (χ3n) is 6.67. The molecule has 1 unspecified atom stereocenters. The van der Waals surface area contributed by atoms with Crippen LogP contribution in [-0.2, 0) is 40.7 Å². The number of pyridine rings is 1. The molecule has 2 amide bonds. The van der Waals surface area contributed by atoms with Crippen LogP contribution in [0.4, 0.5) is 0 Å². The molecular formula is C30H35ClN4O8S2. The molecule has 1 heterocycles. The monoisotopic (exact) mass is 678 g/mol. The lowest BCUT2D eigenvalue weighted by Gasteiger charge is -2.26. The first-order valence-corrected chi connectivity index (χ1v) is 17.5. The van der Waals surface area contributed by atoms with Gasteiger partial charge in [0.05, 0.1) is 22.9 Å². The van der Waals surface area contributed by atoms with Crippen molar-refractivity contribution in [3.63, 3.8) is 0 Å². The van der Waals surface area contributed by atoms with Gasteiger partial charge in [-0.1, -0.05) is 67.4 Å². The van der Waals surface area contributed by atoms with E-state index in [2.05, 4.69) is 20.3 Å². The number of nitrogens with one attached hydrogen (secondary N) is 3. The molecule has 0 saturated heterocycles. The van der Waals surface area contributed by atoms with Crippen molar-refractivity contribution < 1.29 is 36.3 Å². The molecular weight excluding hydrogens is 644 g/mol. The first kappa shape index (κ1) is 35.6. The number of rotatable bonds is 14. The topological polar surface area (TPSA) is 189 Å². The van der Waals surface area contributed by atoms with E-state index in [0.29, 0.717) is 11.2 Å². The third kappa shape index (κ3) is 10.3. The summed E-state index contributed by atoms with van der Waals surface area (Å²) in [7, 11) is -8.09. The lowest BCUT2D eigenvalue weighted by atomic mass is 10.0. The van der Waals surface area contributed by atoms with Gasteiger partial charge in [-0.05, 0) is 43.2 Å². The highest BCUT2D eigenvalue weighted by Crippen LogP contribution is 2.17. The van der Waals surface area contributed by atoms with Gasteiger partial charge in [-0.25, -0.2) is 16.8 Å². The third-order valence-corrected chi connectivity index (χ3v) is 9.97. The number of hydrogen-bond acceptors (Lipinski definition) is 8. The Morgan fingerprint density at radius 3 is 2.18 bits per heavy atom. The van der Waals surface area contributed by atoms with E-state index in [4.69, 9.17) is 11.6 Å². The first-order valence-electron chi connectivity index (χ1n) is 13.8. The minimum atomic E-state index is -4.20. The molecule has 0 bridgehead atoms. The van der Waals surface area contributed by atoms with Crippen LogP contribution in [0.15, 0.2) is 76.0 Å². The second-order valence-electron chi connectivity index (χ2n) is 10.9. The van der Waals surface area contributed by atoms with Gasteiger partial charge >= 0.3 is 5.97 Å². The van der Waals surface area contributed by atoms with Crippen LogP contribution in [0.3, 0.4) is 0 Å². The van der Waals surface area contributed by atoms with E-state index in [9.17, 15) is 36.3 Å². The molecule has 0 spiro atoms. The molecule has 4 N–H and O–H groups in total. The molecule has 0 fully saturated rings. The van der Waals surface area contributed by atoms with Gasteiger partial charge in [-0.15, -0.1) is 0 Å². The summed E-state index contributed by atoms with van der Waals surface area (Å²) in [5.74, 6) is -3.56. The van der Waals surface area contributed by atoms with E-state index < -0.39 is 72.5 Å². The van der Waals surface area contributed by atoms with E-state index in [0.717, 1.165) is 23.3 Å². The van der Waals surface area contributed by atoms with E-state index in [1.165, 1.54) is 12.1 Å². The fourth-order valence-corrected chi connectivity index (χ4v) is 6.03. The molecule has 12 nitrogen and oxygen atoms in total. The first-order chi connectivity index (χ1) is 21.0.